The van der Waals surface area contributed by atoms with E-state index in [2.05, 4.69) is 10.5 Å². The number of amides is 1. The van der Waals surface area contributed by atoms with Gasteiger partial charge >= 0.3 is 5.97 Å². The molecule has 0 bridgehead atoms. The first-order valence-corrected chi connectivity index (χ1v) is 7.53. The van der Waals surface area contributed by atoms with Crippen molar-refractivity contribution in [2.24, 2.45) is 5.92 Å². The van der Waals surface area contributed by atoms with Crippen molar-refractivity contribution in [2.45, 2.75) is 19.8 Å². The summed E-state index contributed by atoms with van der Waals surface area (Å²) < 4.78 is 10.1. The number of hydrogen-bond donors (Lipinski definition) is 2. The number of aromatic nitrogens is 1. The van der Waals surface area contributed by atoms with E-state index in [1.165, 1.54) is 7.11 Å². The number of nitrogens with zero attached hydrogens (tertiary/aromatic N) is 1. The Hall–Kier alpha value is -2.83. The summed E-state index contributed by atoms with van der Waals surface area (Å²) >= 11 is 0. The van der Waals surface area contributed by atoms with Crippen LogP contribution in [-0.4, -0.2) is 35.8 Å². The molecule has 1 unspecified atom stereocenters. The van der Waals surface area contributed by atoms with Gasteiger partial charge in [0.15, 0.2) is 0 Å². The van der Waals surface area contributed by atoms with E-state index in [0.29, 0.717) is 17.2 Å². The van der Waals surface area contributed by atoms with Crippen LogP contribution in [0.5, 0.6) is 5.75 Å². The van der Waals surface area contributed by atoms with Gasteiger partial charge in [-0.15, -0.1) is 0 Å². The predicted molar refractivity (Wildman–Crippen MR) is 85.8 cm³/mol. The van der Waals surface area contributed by atoms with Gasteiger partial charge in [-0.1, -0.05) is 23.4 Å². The molecule has 1 heterocycles. The van der Waals surface area contributed by atoms with Crippen LogP contribution in [0.3, 0.4) is 0 Å². The number of carbonyl (C=O) groups is 2. The number of nitrogens with one attached hydrogen (secondary N) is 1. The van der Waals surface area contributed by atoms with Crippen LogP contribution in [0, 0.1) is 12.8 Å². The van der Waals surface area contributed by atoms with Crippen molar-refractivity contribution in [1.29, 1.82) is 0 Å². The zero-order valence-electron chi connectivity index (χ0n) is 13.6. The molecule has 7 nitrogen and oxygen atoms in total. The zero-order valence-corrected chi connectivity index (χ0v) is 13.6. The fourth-order valence-electron chi connectivity index (χ4n) is 2.35. The normalized spacial score (nSPS) is 11.8. The van der Waals surface area contributed by atoms with E-state index in [9.17, 15) is 14.7 Å². The van der Waals surface area contributed by atoms with E-state index in [-0.39, 0.29) is 25.3 Å². The minimum absolute atomic E-state index is 0.0308. The van der Waals surface area contributed by atoms with Gasteiger partial charge in [-0.05, 0) is 25.0 Å². The van der Waals surface area contributed by atoms with Crippen molar-refractivity contribution in [3.8, 4) is 5.75 Å². The minimum atomic E-state index is -0.974. The molecule has 1 aromatic carbocycles. The van der Waals surface area contributed by atoms with Gasteiger partial charge in [0.25, 0.3) is 0 Å². The monoisotopic (exact) mass is 332 g/mol. The zero-order chi connectivity index (χ0) is 17.5. The third-order valence-electron chi connectivity index (χ3n) is 3.57. The van der Waals surface area contributed by atoms with Crippen LogP contribution in [0.15, 0.2) is 34.9 Å². The summed E-state index contributed by atoms with van der Waals surface area (Å²) in [4.78, 5) is 23.4. The summed E-state index contributed by atoms with van der Waals surface area (Å²) in [7, 11) is 1.54. The number of carbonyl (C=O) groups excluding carboxylic acids is 1. The number of carboxylic acids is 1. The molecule has 0 aliphatic heterocycles. The molecule has 24 heavy (non-hydrogen) atoms. The summed E-state index contributed by atoms with van der Waals surface area (Å²) in [5.74, 6) is -0.761. The van der Waals surface area contributed by atoms with Crippen LogP contribution >= 0.6 is 0 Å². The van der Waals surface area contributed by atoms with Gasteiger partial charge in [0.1, 0.15) is 11.5 Å². The molecule has 7 heteroatoms. The van der Waals surface area contributed by atoms with Crippen LogP contribution in [-0.2, 0) is 22.4 Å². The topological polar surface area (TPSA) is 102 Å². The first-order valence-electron chi connectivity index (χ1n) is 7.53. The first kappa shape index (κ1) is 17.5. The number of rotatable bonds is 8. The van der Waals surface area contributed by atoms with E-state index in [0.717, 1.165) is 5.56 Å². The van der Waals surface area contributed by atoms with Crippen molar-refractivity contribution < 1.29 is 24.0 Å². The predicted octanol–water partition coefficient (Wildman–Crippen LogP) is 1.59. The van der Waals surface area contributed by atoms with E-state index in [1.54, 1.807) is 19.1 Å². The Balaban J connectivity index is 1.93. The molecule has 0 saturated heterocycles. The lowest BCUT2D eigenvalue weighted by molar-refractivity contribution is -0.141. The average molecular weight is 332 g/mol. The molecule has 0 saturated carbocycles. The van der Waals surface area contributed by atoms with Crippen molar-refractivity contribution in [2.75, 3.05) is 13.7 Å². The van der Waals surface area contributed by atoms with Crippen LogP contribution in [0.2, 0.25) is 0 Å². The minimum Gasteiger partial charge on any atom is -0.496 e. The summed E-state index contributed by atoms with van der Waals surface area (Å²) in [6.07, 6.45) is 0.320. The number of para-hydroxylation sites is 1. The van der Waals surface area contributed by atoms with E-state index in [1.807, 2.05) is 18.2 Å². The molecule has 1 atom stereocenters. The fraction of sp³-hybridized carbons (Fsp3) is 0.353. The third kappa shape index (κ3) is 4.84. The van der Waals surface area contributed by atoms with Crippen molar-refractivity contribution in [3.63, 3.8) is 0 Å². The molecular formula is C17H20N2O5. The van der Waals surface area contributed by atoms with Gasteiger partial charge in [0.2, 0.25) is 5.91 Å². The third-order valence-corrected chi connectivity index (χ3v) is 3.57. The summed E-state index contributed by atoms with van der Waals surface area (Å²) in [5, 5.41) is 15.8. The largest absolute Gasteiger partial charge is 0.496 e. The second-order valence-electron chi connectivity index (χ2n) is 5.46. The number of aliphatic carboxylic acids is 1. The van der Waals surface area contributed by atoms with E-state index < -0.39 is 11.9 Å². The van der Waals surface area contributed by atoms with Gasteiger partial charge in [-0.25, -0.2) is 0 Å². The van der Waals surface area contributed by atoms with Crippen molar-refractivity contribution in [3.05, 3.63) is 47.3 Å². The number of ether oxygens (including phenoxy) is 1. The Kier molecular flexibility index (Phi) is 5.95. The molecule has 128 valence electrons. The maximum absolute atomic E-state index is 11.9. The number of aryl methyl sites for hydroxylation is 1. The van der Waals surface area contributed by atoms with Crippen LogP contribution < -0.4 is 10.1 Å². The average Bonchev–Trinajstić information content (AvgIpc) is 2.96. The Morgan fingerprint density at radius 1 is 1.38 bits per heavy atom. The maximum Gasteiger partial charge on any atom is 0.308 e. The molecule has 0 aliphatic rings. The molecule has 2 rings (SSSR count). The molecular weight excluding hydrogens is 312 g/mol. The van der Waals surface area contributed by atoms with Crippen molar-refractivity contribution >= 4 is 11.9 Å². The fourth-order valence-corrected chi connectivity index (χ4v) is 2.35. The highest BCUT2D eigenvalue weighted by Crippen LogP contribution is 2.21. The molecule has 0 spiro atoms. The molecule has 1 aromatic heterocycles. The summed E-state index contributed by atoms with van der Waals surface area (Å²) in [5.41, 5.74) is 1.30. The first-order chi connectivity index (χ1) is 11.5. The Labute approximate surface area is 139 Å². The molecule has 0 fully saturated rings. The number of hydrogen-bond acceptors (Lipinski definition) is 5. The Bertz CT molecular complexity index is 711. The molecule has 2 aromatic rings. The van der Waals surface area contributed by atoms with Gasteiger partial charge in [0.05, 0.1) is 25.1 Å². The standard InChI is InChI=1S/C17H20N2O5/c1-11-7-14(19-24-11)9-16(20)18-10-13(17(21)22)8-12-5-3-4-6-15(12)23-2/h3-7,13H,8-10H2,1-2H3,(H,18,20)(H,21,22). The lowest BCUT2D eigenvalue weighted by Gasteiger charge is -2.15. The molecule has 0 aliphatic carbocycles. The Morgan fingerprint density at radius 3 is 2.75 bits per heavy atom. The highest BCUT2D eigenvalue weighted by Gasteiger charge is 2.21. The summed E-state index contributed by atoms with van der Waals surface area (Å²) in [6, 6.07) is 8.90. The van der Waals surface area contributed by atoms with Gasteiger partial charge in [-0.2, -0.15) is 0 Å². The smallest absolute Gasteiger partial charge is 0.308 e. The van der Waals surface area contributed by atoms with Crippen LogP contribution in [0.4, 0.5) is 0 Å². The number of methoxy groups -OCH3 is 1. The van der Waals surface area contributed by atoms with Gasteiger partial charge in [0, 0.05) is 12.6 Å². The summed E-state index contributed by atoms with van der Waals surface area (Å²) in [6.45, 7) is 1.77. The van der Waals surface area contributed by atoms with E-state index in [4.69, 9.17) is 9.26 Å². The number of carboxylic acid groups (broad SMARTS) is 1. The van der Waals surface area contributed by atoms with Gasteiger partial charge < -0.3 is 19.7 Å². The second kappa shape index (κ2) is 8.14. The number of benzene rings is 1. The lowest BCUT2D eigenvalue weighted by Crippen LogP contribution is -2.35. The molecule has 1 amide bonds. The SMILES string of the molecule is COc1ccccc1CC(CNC(=O)Cc1cc(C)on1)C(=O)O. The van der Waals surface area contributed by atoms with E-state index >= 15 is 0 Å². The van der Waals surface area contributed by atoms with Crippen LogP contribution in [0.25, 0.3) is 0 Å². The highest BCUT2D eigenvalue weighted by atomic mass is 16.5. The lowest BCUT2D eigenvalue weighted by atomic mass is 9.98. The molecule has 2 N–H and O–H groups in total. The Morgan fingerprint density at radius 2 is 2.12 bits per heavy atom. The van der Waals surface area contributed by atoms with Crippen LogP contribution in [0.1, 0.15) is 17.0 Å². The second-order valence-corrected chi connectivity index (χ2v) is 5.46. The quantitative estimate of drug-likeness (QED) is 0.761. The van der Waals surface area contributed by atoms with Crippen molar-refractivity contribution in [1.82, 2.24) is 10.5 Å². The maximum atomic E-state index is 11.9. The molecule has 0 radical (unpaired) electrons. The highest BCUT2D eigenvalue weighted by molar-refractivity contribution is 5.79. The van der Waals surface area contributed by atoms with Gasteiger partial charge in [-0.3, -0.25) is 9.59 Å².